The van der Waals surface area contributed by atoms with Crippen molar-refractivity contribution in [2.24, 2.45) is 0 Å². The second kappa shape index (κ2) is 4.60. The lowest BCUT2D eigenvalue weighted by Gasteiger charge is -2.10. The van der Waals surface area contributed by atoms with Crippen molar-refractivity contribution in [2.75, 3.05) is 6.61 Å². The van der Waals surface area contributed by atoms with Gasteiger partial charge < -0.3 is 10.2 Å². The van der Waals surface area contributed by atoms with Gasteiger partial charge in [0, 0.05) is 6.04 Å². The first-order valence-corrected chi connectivity index (χ1v) is 5.76. The fourth-order valence-electron chi connectivity index (χ4n) is 0.993. The van der Waals surface area contributed by atoms with Gasteiger partial charge >= 0.3 is 5.97 Å². The van der Waals surface area contributed by atoms with Crippen molar-refractivity contribution in [1.82, 2.24) is 14.9 Å². The molecule has 90 valence electrons. The highest BCUT2D eigenvalue weighted by molar-refractivity contribution is 7.89. The predicted molar refractivity (Wildman–Crippen MR) is 52.4 cm³/mol. The quantitative estimate of drug-likeness (QED) is 0.516. The third kappa shape index (κ3) is 2.56. The van der Waals surface area contributed by atoms with Gasteiger partial charge in [0.25, 0.3) is 10.0 Å². The highest BCUT2D eigenvalue weighted by atomic mass is 32.2. The molecule has 1 atom stereocenters. The number of aromatic carboxylic acids is 1. The van der Waals surface area contributed by atoms with Crippen LogP contribution in [0.25, 0.3) is 0 Å². The van der Waals surface area contributed by atoms with E-state index in [-0.39, 0.29) is 0 Å². The molecule has 0 radical (unpaired) electrons. The molecule has 0 aliphatic rings. The summed E-state index contributed by atoms with van der Waals surface area (Å²) in [5.74, 6) is -1.40. The third-order valence-electron chi connectivity index (χ3n) is 1.73. The zero-order chi connectivity index (χ0) is 12.3. The van der Waals surface area contributed by atoms with E-state index < -0.39 is 39.2 Å². The van der Waals surface area contributed by atoms with Gasteiger partial charge in [-0.05, 0) is 6.92 Å². The monoisotopic (exact) mass is 249 g/mol. The minimum absolute atomic E-state index is 0.393. The highest BCUT2D eigenvalue weighted by Gasteiger charge is 2.25. The van der Waals surface area contributed by atoms with Crippen LogP contribution in [0.15, 0.2) is 11.2 Å². The summed E-state index contributed by atoms with van der Waals surface area (Å²) < 4.78 is 25.4. The van der Waals surface area contributed by atoms with Crippen molar-refractivity contribution in [3.05, 3.63) is 11.8 Å². The number of aromatic nitrogens is 2. The smallest absolute Gasteiger partial charge is 0.340 e. The maximum Gasteiger partial charge on any atom is 0.340 e. The number of sulfonamides is 1. The fourth-order valence-corrected chi connectivity index (χ4v) is 2.32. The summed E-state index contributed by atoms with van der Waals surface area (Å²) in [7, 11) is -4.01. The summed E-state index contributed by atoms with van der Waals surface area (Å²) in [6, 6.07) is -0.713. The number of H-pyrrole nitrogens is 1. The van der Waals surface area contributed by atoms with Crippen LogP contribution >= 0.6 is 0 Å². The number of aromatic amines is 1. The number of hydrogen-bond donors (Lipinski definition) is 4. The molecule has 0 bridgehead atoms. The van der Waals surface area contributed by atoms with E-state index in [4.69, 9.17) is 10.2 Å². The Morgan fingerprint density at radius 2 is 2.31 bits per heavy atom. The number of rotatable bonds is 5. The summed E-state index contributed by atoms with van der Waals surface area (Å²) in [6.45, 7) is 1.05. The van der Waals surface area contributed by atoms with E-state index in [1.807, 2.05) is 0 Å². The number of aliphatic hydroxyl groups is 1. The number of carboxylic acids is 1. The minimum atomic E-state index is -4.01. The summed E-state index contributed by atoms with van der Waals surface area (Å²) in [5, 5.41) is 22.3. The van der Waals surface area contributed by atoms with Crippen molar-refractivity contribution >= 4 is 16.0 Å². The first-order valence-electron chi connectivity index (χ1n) is 4.28. The molecule has 8 nitrogen and oxygen atoms in total. The van der Waals surface area contributed by atoms with Crippen LogP contribution in [0.3, 0.4) is 0 Å². The molecule has 0 aromatic carbocycles. The van der Waals surface area contributed by atoms with Gasteiger partial charge in [0.2, 0.25) is 0 Å². The molecule has 16 heavy (non-hydrogen) atoms. The molecular formula is C7H11N3O5S. The number of carbonyl (C=O) groups is 1. The van der Waals surface area contributed by atoms with Crippen LogP contribution in [0.5, 0.6) is 0 Å². The normalized spacial score (nSPS) is 13.6. The average Bonchev–Trinajstić information content (AvgIpc) is 2.65. The lowest BCUT2D eigenvalue weighted by molar-refractivity contribution is 0.0692. The molecule has 4 N–H and O–H groups in total. The van der Waals surface area contributed by atoms with Crippen LogP contribution in [-0.2, 0) is 10.0 Å². The van der Waals surface area contributed by atoms with Crippen LogP contribution in [0.1, 0.15) is 17.3 Å². The topological polar surface area (TPSA) is 132 Å². The highest BCUT2D eigenvalue weighted by Crippen LogP contribution is 2.11. The van der Waals surface area contributed by atoms with Crippen molar-refractivity contribution in [3.63, 3.8) is 0 Å². The third-order valence-corrected chi connectivity index (χ3v) is 3.30. The summed E-state index contributed by atoms with van der Waals surface area (Å²) in [4.78, 5) is 10.7. The van der Waals surface area contributed by atoms with Crippen LogP contribution in [0.4, 0.5) is 0 Å². The molecule has 0 saturated carbocycles. The van der Waals surface area contributed by atoms with E-state index in [0.29, 0.717) is 0 Å². The first kappa shape index (κ1) is 12.6. The van der Waals surface area contributed by atoms with Gasteiger partial charge in [0.1, 0.15) is 5.56 Å². The van der Waals surface area contributed by atoms with E-state index in [0.717, 1.165) is 6.20 Å². The fraction of sp³-hybridized carbons (Fsp3) is 0.429. The largest absolute Gasteiger partial charge is 0.478 e. The second-order valence-corrected chi connectivity index (χ2v) is 4.77. The van der Waals surface area contributed by atoms with E-state index in [2.05, 4.69) is 14.9 Å². The van der Waals surface area contributed by atoms with Gasteiger partial charge in [-0.3, -0.25) is 5.10 Å². The lowest BCUT2D eigenvalue weighted by atomic mass is 10.4. The number of nitrogens with zero attached hydrogens (tertiary/aromatic N) is 1. The van der Waals surface area contributed by atoms with Gasteiger partial charge in [-0.15, -0.1) is 0 Å². The molecular weight excluding hydrogens is 238 g/mol. The Balaban J connectivity index is 3.08. The lowest BCUT2D eigenvalue weighted by Crippen LogP contribution is -2.35. The Labute approximate surface area is 91.3 Å². The molecule has 1 heterocycles. The molecule has 0 aliphatic carbocycles. The molecule has 0 aliphatic heterocycles. The Bertz CT molecular complexity index is 480. The van der Waals surface area contributed by atoms with Crippen LogP contribution in [-0.4, -0.2) is 47.4 Å². The maximum absolute atomic E-state index is 11.6. The van der Waals surface area contributed by atoms with E-state index in [1.54, 1.807) is 0 Å². The van der Waals surface area contributed by atoms with Crippen LogP contribution in [0, 0.1) is 0 Å². The van der Waals surface area contributed by atoms with E-state index in [9.17, 15) is 13.2 Å². The molecule has 1 aromatic rings. The Morgan fingerprint density at radius 1 is 1.69 bits per heavy atom. The summed E-state index contributed by atoms with van der Waals surface area (Å²) >= 11 is 0. The molecule has 1 rings (SSSR count). The number of aliphatic hydroxyl groups excluding tert-OH is 1. The SMILES string of the molecule is CC(CO)NS(=O)(=O)c1[nH]ncc1C(=O)O. The van der Waals surface area contributed by atoms with Gasteiger partial charge in [0.05, 0.1) is 12.8 Å². The van der Waals surface area contributed by atoms with Crippen molar-refractivity contribution < 1.29 is 23.4 Å². The van der Waals surface area contributed by atoms with Crippen molar-refractivity contribution in [1.29, 1.82) is 0 Å². The molecule has 0 spiro atoms. The van der Waals surface area contributed by atoms with E-state index >= 15 is 0 Å². The number of carboxylic acid groups (broad SMARTS) is 1. The van der Waals surface area contributed by atoms with Gasteiger partial charge in [-0.25, -0.2) is 17.9 Å². The minimum Gasteiger partial charge on any atom is -0.478 e. The Hall–Kier alpha value is -1.45. The average molecular weight is 249 g/mol. The van der Waals surface area contributed by atoms with Crippen molar-refractivity contribution in [2.45, 2.75) is 18.0 Å². The summed E-state index contributed by atoms with van der Waals surface area (Å²) in [5.41, 5.74) is -0.447. The maximum atomic E-state index is 11.6. The zero-order valence-corrected chi connectivity index (χ0v) is 9.15. The number of nitrogens with one attached hydrogen (secondary N) is 2. The first-order chi connectivity index (χ1) is 7.38. The Morgan fingerprint density at radius 3 is 2.81 bits per heavy atom. The van der Waals surface area contributed by atoms with Gasteiger partial charge in [-0.1, -0.05) is 0 Å². The number of hydrogen-bond acceptors (Lipinski definition) is 5. The zero-order valence-electron chi connectivity index (χ0n) is 8.34. The van der Waals surface area contributed by atoms with Gasteiger partial charge in [-0.2, -0.15) is 5.10 Å². The molecule has 0 saturated heterocycles. The van der Waals surface area contributed by atoms with Crippen LogP contribution in [0.2, 0.25) is 0 Å². The molecule has 0 fully saturated rings. The second-order valence-electron chi connectivity index (χ2n) is 3.12. The van der Waals surface area contributed by atoms with Gasteiger partial charge in [0.15, 0.2) is 5.03 Å². The van der Waals surface area contributed by atoms with Crippen molar-refractivity contribution in [3.8, 4) is 0 Å². The standard InChI is InChI=1S/C7H11N3O5S/c1-4(3-11)10-16(14,15)6-5(7(12)13)2-8-9-6/h2,4,10-11H,3H2,1H3,(H,8,9)(H,12,13). The molecule has 1 aromatic heterocycles. The molecule has 9 heteroatoms. The molecule has 0 amide bonds. The molecule has 1 unspecified atom stereocenters. The Kier molecular flexibility index (Phi) is 3.62. The van der Waals surface area contributed by atoms with E-state index in [1.165, 1.54) is 6.92 Å². The summed E-state index contributed by atoms with van der Waals surface area (Å²) in [6.07, 6.45) is 0.903. The van der Waals surface area contributed by atoms with Crippen LogP contribution < -0.4 is 4.72 Å². The predicted octanol–water partition coefficient (Wildman–Crippen LogP) is -1.23.